The van der Waals surface area contributed by atoms with Gasteiger partial charge in [0.15, 0.2) is 11.6 Å². The average molecular weight is 679 g/mol. The van der Waals surface area contributed by atoms with Crippen molar-refractivity contribution in [1.29, 1.82) is 0 Å². The lowest BCUT2D eigenvalue weighted by atomic mass is 9.81. The van der Waals surface area contributed by atoms with Gasteiger partial charge in [0.05, 0.1) is 23.4 Å². The minimum absolute atomic E-state index is 0.0509. The SMILES string of the molecule is Cc1nc(C(=O)Nc2cc(C(=O)NCC(O)(c3cc4c(c(-c5ccc(F)cc5)n3)OC[C@]4(C)C(N)=O)C(F)(F)F)cc3cccnc23)co1. The lowest BCUT2D eigenvalue weighted by Crippen LogP contribution is -2.51. The molecule has 3 amide bonds. The number of anilines is 1. The van der Waals surface area contributed by atoms with E-state index in [0.717, 1.165) is 24.5 Å². The number of nitrogens with two attached hydrogens (primary N) is 1. The van der Waals surface area contributed by atoms with Gasteiger partial charge in [-0.25, -0.2) is 14.4 Å². The average Bonchev–Trinajstić information content (AvgIpc) is 3.66. The molecule has 0 saturated carbocycles. The molecular formula is C33H26F4N6O6. The molecule has 2 atom stereocenters. The summed E-state index contributed by atoms with van der Waals surface area (Å²) in [6.45, 7) is 1.14. The minimum atomic E-state index is -5.42. The predicted octanol–water partition coefficient (Wildman–Crippen LogP) is 4.30. The number of halogens is 4. The number of hydrogen-bond acceptors (Lipinski definition) is 9. The van der Waals surface area contributed by atoms with Crippen LogP contribution in [0.3, 0.4) is 0 Å². The molecule has 0 aliphatic carbocycles. The number of ether oxygens (including phenoxy) is 1. The fraction of sp³-hybridized carbons (Fsp3) is 0.212. The monoisotopic (exact) mass is 678 g/mol. The van der Waals surface area contributed by atoms with Crippen LogP contribution in [-0.2, 0) is 15.8 Å². The van der Waals surface area contributed by atoms with E-state index in [1.807, 2.05) is 0 Å². The number of rotatable bonds is 8. The van der Waals surface area contributed by atoms with Crippen molar-refractivity contribution in [1.82, 2.24) is 20.3 Å². The molecule has 0 saturated heterocycles. The van der Waals surface area contributed by atoms with E-state index in [4.69, 9.17) is 14.9 Å². The van der Waals surface area contributed by atoms with Crippen molar-refractivity contribution in [2.45, 2.75) is 31.0 Å². The van der Waals surface area contributed by atoms with Crippen LogP contribution >= 0.6 is 0 Å². The number of aryl methyl sites for hydroxylation is 1. The Hall–Kier alpha value is -5.90. The summed E-state index contributed by atoms with van der Waals surface area (Å²) >= 11 is 0. The van der Waals surface area contributed by atoms with Crippen LogP contribution in [0.5, 0.6) is 5.75 Å². The predicted molar refractivity (Wildman–Crippen MR) is 165 cm³/mol. The first-order valence-corrected chi connectivity index (χ1v) is 14.5. The third-order valence-corrected chi connectivity index (χ3v) is 8.20. The molecule has 0 radical (unpaired) electrons. The van der Waals surface area contributed by atoms with Gasteiger partial charge in [0.1, 0.15) is 35.5 Å². The molecule has 0 bridgehead atoms. The number of carbonyl (C=O) groups excluding carboxylic acids is 3. The van der Waals surface area contributed by atoms with Crippen molar-refractivity contribution < 1.29 is 46.2 Å². The summed E-state index contributed by atoms with van der Waals surface area (Å²) in [6, 6.07) is 11.1. The van der Waals surface area contributed by atoms with Crippen molar-refractivity contribution in [3.63, 3.8) is 0 Å². The van der Waals surface area contributed by atoms with Gasteiger partial charge in [0, 0.05) is 35.2 Å². The number of aliphatic hydroxyl groups is 1. The van der Waals surface area contributed by atoms with E-state index in [9.17, 15) is 37.1 Å². The largest absolute Gasteiger partial charge is 0.489 e. The summed E-state index contributed by atoms with van der Waals surface area (Å²) in [4.78, 5) is 51.0. The fourth-order valence-corrected chi connectivity index (χ4v) is 5.32. The molecule has 3 aromatic heterocycles. The second-order valence-corrected chi connectivity index (χ2v) is 11.6. The van der Waals surface area contributed by atoms with Crippen LogP contribution in [0.25, 0.3) is 22.2 Å². The third kappa shape index (κ3) is 5.90. The second kappa shape index (κ2) is 12.0. The van der Waals surface area contributed by atoms with Crippen molar-refractivity contribution in [3.8, 4) is 17.0 Å². The number of primary amides is 1. The molecule has 1 aliphatic rings. The Balaban J connectivity index is 1.38. The van der Waals surface area contributed by atoms with Gasteiger partial charge < -0.3 is 30.6 Å². The third-order valence-electron chi connectivity index (χ3n) is 8.20. The number of carbonyl (C=O) groups is 3. The molecule has 6 rings (SSSR count). The summed E-state index contributed by atoms with van der Waals surface area (Å²) in [5.74, 6) is -3.12. The number of benzene rings is 2. The van der Waals surface area contributed by atoms with Crippen LogP contribution < -0.4 is 21.1 Å². The van der Waals surface area contributed by atoms with Gasteiger partial charge in [-0.2, -0.15) is 13.2 Å². The Bertz CT molecular complexity index is 2140. The number of amides is 3. The Morgan fingerprint density at radius 3 is 2.45 bits per heavy atom. The number of hydrogen-bond donors (Lipinski definition) is 4. The van der Waals surface area contributed by atoms with Gasteiger partial charge in [-0.1, -0.05) is 6.07 Å². The van der Waals surface area contributed by atoms with Gasteiger partial charge in [-0.15, -0.1) is 0 Å². The Labute approximate surface area is 274 Å². The van der Waals surface area contributed by atoms with E-state index >= 15 is 0 Å². The first-order chi connectivity index (χ1) is 23.1. The molecule has 12 nitrogen and oxygen atoms in total. The van der Waals surface area contributed by atoms with Crippen LogP contribution in [0.2, 0.25) is 0 Å². The number of aromatic nitrogens is 3. The van der Waals surface area contributed by atoms with Crippen LogP contribution in [0.1, 0.15) is 44.9 Å². The molecule has 252 valence electrons. The van der Waals surface area contributed by atoms with Crippen LogP contribution in [-0.4, -0.2) is 57.1 Å². The van der Waals surface area contributed by atoms with E-state index < -0.39 is 53.0 Å². The molecule has 4 heterocycles. The van der Waals surface area contributed by atoms with E-state index in [1.165, 1.54) is 44.3 Å². The van der Waals surface area contributed by atoms with Crippen molar-refractivity contribution in [2.75, 3.05) is 18.5 Å². The number of alkyl halides is 3. The fourth-order valence-electron chi connectivity index (χ4n) is 5.32. The molecule has 2 aromatic carbocycles. The Morgan fingerprint density at radius 1 is 1.06 bits per heavy atom. The molecule has 0 spiro atoms. The second-order valence-electron chi connectivity index (χ2n) is 11.6. The van der Waals surface area contributed by atoms with Gasteiger partial charge in [0.25, 0.3) is 11.8 Å². The molecule has 5 N–H and O–H groups in total. The maximum absolute atomic E-state index is 14.8. The van der Waals surface area contributed by atoms with E-state index in [1.54, 1.807) is 12.1 Å². The molecular weight excluding hydrogens is 652 g/mol. The Morgan fingerprint density at radius 2 is 1.80 bits per heavy atom. The summed E-state index contributed by atoms with van der Waals surface area (Å²) in [7, 11) is 0. The highest BCUT2D eigenvalue weighted by Crippen LogP contribution is 2.47. The normalized spacial score (nSPS) is 16.8. The van der Waals surface area contributed by atoms with E-state index in [2.05, 4.69) is 25.6 Å². The lowest BCUT2D eigenvalue weighted by molar-refractivity contribution is -0.265. The standard InChI is InChI=1S/C33H26F4N6O6/c1-16-41-23(13-48-16)29(45)42-22-11-19(10-18-4-3-9-39-25(18)22)28(44)40-14-32(47,33(35,36)37)24-12-21-27(49-15-31(21,2)30(38)46)26(43-24)17-5-7-20(34)8-6-17/h3-13,47H,14-15H2,1-2H3,(H2,38,46)(H,40,44)(H,42,45)/t31-,32?/m0/s1. The maximum Gasteiger partial charge on any atom is 0.424 e. The van der Waals surface area contributed by atoms with Gasteiger partial charge in [-0.05, 0) is 55.5 Å². The summed E-state index contributed by atoms with van der Waals surface area (Å²) in [6.07, 6.45) is -2.85. The number of nitrogens with zero attached hydrogens (tertiary/aromatic N) is 3. The highest BCUT2D eigenvalue weighted by Gasteiger charge is 2.57. The lowest BCUT2D eigenvalue weighted by Gasteiger charge is -2.31. The molecule has 0 fully saturated rings. The smallest absolute Gasteiger partial charge is 0.424 e. The highest BCUT2D eigenvalue weighted by molar-refractivity contribution is 6.09. The molecule has 5 aromatic rings. The van der Waals surface area contributed by atoms with Crippen LogP contribution in [0, 0.1) is 12.7 Å². The quantitative estimate of drug-likeness (QED) is 0.174. The molecule has 1 aliphatic heterocycles. The summed E-state index contributed by atoms with van der Waals surface area (Å²) < 4.78 is 68.9. The first-order valence-electron chi connectivity index (χ1n) is 14.5. The van der Waals surface area contributed by atoms with E-state index in [-0.39, 0.29) is 57.5 Å². The van der Waals surface area contributed by atoms with Crippen LogP contribution in [0.4, 0.5) is 23.2 Å². The van der Waals surface area contributed by atoms with E-state index in [0.29, 0.717) is 5.39 Å². The zero-order valence-electron chi connectivity index (χ0n) is 25.7. The molecule has 1 unspecified atom stereocenters. The first kappa shape index (κ1) is 33.0. The van der Waals surface area contributed by atoms with Crippen LogP contribution in [0.15, 0.2) is 71.5 Å². The van der Waals surface area contributed by atoms with Crippen molar-refractivity contribution >= 4 is 34.3 Å². The Kier molecular flexibility index (Phi) is 8.06. The maximum atomic E-state index is 14.8. The number of nitrogens with one attached hydrogen (secondary N) is 2. The number of oxazole rings is 1. The van der Waals surface area contributed by atoms with Crippen molar-refractivity contribution in [3.05, 3.63) is 101 Å². The number of fused-ring (bicyclic) bond motifs is 2. The topological polar surface area (TPSA) is 183 Å². The van der Waals surface area contributed by atoms with Gasteiger partial charge in [0.2, 0.25) is 11.5 Å². The zero-order chi connectivity index (χ0) is 35.3. The van der Waals surface area contributed by atoms with Crippen molar-refractivity contribution in [2.24, 2.45) is 5.73 Å². The highest BCUT2D eigenvalue weighted by atomic mass is 19.4. The minimum Gasteiger partial charge on any atom is -0.489 e. The van der Waals surface area contributed by atoms with Gasteiger partial charge in [-0.3, -0.25) is 19.4 Å². The summed E-state index contributed by atoms with van der Waals surface area (Å²) in [5, 5.41) is 16.4. The number of pyridine rings is 2. The summed E-state index contributed by atoms with van der Waals surface area (Å²) in [5.41, 5.74) is -0.873. The zero-order valence-corrected chi connectivity index (χ0v) is 25.7. The van der Waals surface area contributed by atoms with Gasteiger partial charge >= 0.3 is 6.18 Å². The molecule has 49 heavy (non-hydrogen) atoms. The molecule has 16 heteroatoms.